The van der Waals surface area contributed by atoms with Gasteiger partial charge in [0.15, 0.2) is 11.4 Å². The number of nitrogens with zero attached hydrogens (tertiary/aromatic N) is 1. The molecule has 6 heteroatoms. The number of hydrogen-bond donors (Lipinski definition) is 1. The fourth-order valence-electron chi connectivity index (χ4n) is 1.60. The lowest BCUT2D eigenvalue weighted by molar-refractivity contribution is -0.875. The van der Waals surface area contributed by atoms with Gasteiger partial charge in [0, 0.05) is 18.8 Å². The van der Waals surface area contributed by atoms with Crippen LogP contribution in [0.3, 0.4) is 0 Å². The Morgan fingerprint density at radius 1 is 1.31 bits per heavy atom. The van der Waals surface area contributed by atoms with E-state index >= 15 is 0 Å². The largest absolute Gasteiger partial charge is 0.550 e. The second-order valence-electron chi connectivity index (χ2n) is 4.81. The van der Waals surface area contributed by atoms with Gasteiger partial charge in [-0.05, 0) is 0 Å². The first kappa shape index (κ1) is 17.7. The average molecular weight is 254 g/mol. The molecule has 0 rings (SSSR count). The number of Topliss-reactive ketones (excluding diaryl/α,β-unsaturated/α-hetero) is 1. The Kier molecular flexibility index (Phi) is 6.85. The molecule has 1 N–H and O–H groups in total. The van der Waals surface area contributed by atoms with Crippen molar-refractivity contribution in [2.75, 3.05) is 27.7 Å². The van der Waals surface area contributed by atoms with Crippen molar-refractivity contribution in [2.45, 2.75) is 25.4 Å². The third-order valence-corrected chi connectivity index (χ3v) is 2.01. The van der Waals surface area contributed by atoms with Gasteiger partial charge in [-0.2, -0.15) is 0 Å². The quantitative estimate of drug-likeness (QED) is 0.614. The van der Waals surface area contributed by atoms with Gasteiger partial charge in [-0.1, -0.05) is 6.92 Å². The van der Waals surface area contributed by atoms with Crippen LogP contribution < -0.4 is 5.11 Å². The van der Waals surface area contributed by atoms with E-state index in [1.54, 1.807) is 28.1 Å². The van der Waals surface area contributed by atoms with E-state index in [1.165, 1.54) is 0 Å². The van der Waals surface area contributed by atoms with Crippen LogP contribution >= 0.6 is 12.4 Å². The highest BCUT2D eigenvalue weighted by atomic mass is 35.5. The van der Waals surface area contributed by atoms with Crippen LogP contribution in [-0.2, 0) is 9.59 Å². The zero-order valence-electron chi connectivity index (χ0n) is 10.1. The summed E-state index contributed by atoms with van der Waals surface area (Å²) in [4.78, 5) is 22.0. The molecule has 0 bridgehead atoms. The van der Waals surface area contributed by atoms with Crippen LogP contribution in [0.15, 0.2) is 0 Å². The SMILES string of the molecule is CCC(=O)C(O)(CC(=O)[O-])C[N+](C)(C)C.Cl. The van der Waals surface area contributed by atoms with E-state index in [0.29, 0.717) is 4.48 Å². The Labute approximate surface area is 102 Å². The summed E-state index contributed by atoms with van der Waals surface area (Å²) in [5.41, 5.74) is -1.81. The smallest absolute Gasteiger partial charge is 0.177 e. The molecule has 0 saturated heterocycles. The van der Waals surface area contributed by atoms with E-state index < -0.39 is 23.8 Å². The molecule has 5 nitrogen and oxygen atoms in total. The molecule has 0 amide bonds. The number of carboxylic acids is 1. The minimum Gasteiger partial charge on any atom is -0.550 e. The molecule has 0 aromatic heterocycles. The van der Waals surface area contributed by atoms with Crippen LogP contribution in [0, 0.1) is 0 Å². The Morgan fingerprint density at radius 2 is 1.75 bits per heavy atom. The highest BCUT2D eigenvalue weighted by Crippen LogP contribution is 2.17. The maximum atomic E-state index is 11.5. The minimum atomic E-state index is -1.81. The van der Waals surface area contributed by atoms with Crippen molar-refractivity contribution in [2.24, 2.45) is 0 Å². The van der Waals surface area contributed by atoms with Crippen molar-refractivity contribution in [3.8, 4) is 0 Å². The summed E-state index contributed by atoms with van der Waals surface area (Å²) >= 11 is 0. The van der Waals surface area contributed by atoms with Crippen molar-refractivity contribution < 1.29 is 24.3 Å². The van der Waals surface area contributed by atoms with E-state index in [1.807, 2.05) is 0 Å². The van der Waals surface area contributed by atoms with Crippen LogP contribution in [0.25, 0.3) is 0 Å². The molecule has 1 unspecified atom stereocenters. The number of rotatable bonds is 6. The zero-order valence-corrected chi connectivity index (χ0v) is 11.0. The molecule has 0 aromatic carbocycles. The molecule has 16 heavy (non-hydrogen) atoms. The predicted octanol–water partition coefficient (Wildman–Crippen LogP) is -1.04. The van der Waals surface area contributed by atoms with Gasteiger partial charge in [-0.3, -0.25) is 4.79 Å². The number of quaternary nitrogens is 1. The summed E-state index contributed by atoms with van der Waals surface area (Å²) in [5.74, 6) is -1.87. The lowest BCUT2D eigenvalue weighted by Gasteiger charge is -2.34. The normalized spacial score (nSPS) is 14.8. The number of likely N-dealkylation sites (N-methyl/N-ethyl adjacent to an activating group) is 1. The first-order chi connectivity index (χ1) is 6.60. The summed E-state index contributed by atoms with van der Waals surface area (Å²) in [5, 5.41) is 20.5. The zero-order chi connectivity index (χ0) is 12.3. The van der Waals surface area contributed by atoms with Gasteiger partial charge in [-0.25, -0.2) is 0 Å². The fraction of sp³-hybridized carbons (Fsp3) is 0.800. The summed E-state index contributed by atoms with van der Waals surface area (Å²) in [7, 11) is 5.34. The summed E-state index contributed by atoms with van der Waals surface area (Å²) in [6.45, 7) is 1.66. The van der Waals surface area contributed by atoms with Crippen LogP contribution in [0.4, 0.5) is 0 Å². The molecular weight excluding hydrogens is 234 g/mol. The summed E-state index contributed by atoms with van der Waals surface area (Å²) < 4.78 is 0.315. The van der Waals surface area contributed by atoms with E-state index in [0.717, 1.165) is 0 Å². The first-order valence-corrected chi connectivity index (χ1v) is 4.87. The molecule has 0 spiro atoms. The number of hydrogen-bond acceptors (Lipinski definition) is 4. The second-order valence-corrected chi connectivity index (χ2v) is 4.81. The van der Waals surface area contributed by atoms with Gasteiger partial charge < -0.3 is 19.5 Å². The topological polar surface area (TPSA) is 77.4 Å². The minimum absolute atomic E-state index is 0. The van der Waals surface area contributed by atoms with Crippen LogP contribution in [0.1, 0.15) is 19.8 Å². The highest BCUT2D eigenvalue weighted by Gasteiger charge is 2.39. The maximum absolute atomic E-state index is 11.5. The maximum Gasteiger partial charge on any atom is 0.177 e. The van der Waals surface area contributed by atoms with Crippen molar-refractivity contribution >= 4 is 24.2 Å². The Morgan fingerprint density at radius 3 is 2.00 bits per heavy atom. The van der Waals surface area contributed by atoms with Gasteiger partial charge >= 0.3 is 0 Å². The molecule has 0 aliphatic carbocycles. The predicted molar refractivity (Wildman–Crippen MR) is 60.0 cm³/mol. The number of ketones is 1. The van der Waals surface area contributed by atoms with Crippen LogP contribution in [0.5, 0.6) is 0 Å². The summed E-state index contributed by atoms with van der Waals surface area (Å²) in [6.07, 6.45) is -0.529. The Bertz CT molecular complexity index is 262. The third-order valence-electron chi connectivity index (χ3n) is 2.01. The molecular formula is C10H20ClNO4. The highest BCUT2D eigenvalue weighted by molar-refractivity contribution is 5.90. The van der Waals surface area contributed by atoms with Crippen molar-refractivity contribution in [1.29, 1.82) is 0 Å². The van der Waals surface area contributed by atoms with Crippen molar-refractivity contribution in [3.63, 3.8) is 0 Å². The number of carbonyl (C=O) groups excluding carboxylic acids is 2. The van der Waals surface area contributed by atoms with Crippen molar-refractivity contribution in [3.05, 3.63) is 0 Å². The Hall–Kier alpha value is -0.650. The monoisotopic (exact) mass is 253 g/mol. The van der Waals surface area contributed by atoms with Gasteiger partial charge in [0.25, 0.3) is 0 Å². The summed E-state index contributed by atoms with van der Waals surface area (Å²) in [6, 6.07) is 0. The molecule has 96 valence electrons. The van der Waals surface area contributed by atoms with Gasteiger partial charge in [0.05, 0.1) is 21.1 Å². The van der Waals surface area contributed by atoms with Crippen LogP contribution in [-0.4, -0.2) is 54.6 Å². The van der Waals surface area contributed by atoms with Crippen molar-refractivity contribution in [1.82, 2.24) is 0 Å². The third kappa shape index (κ3) is 6.05. The molecule has 0 fully saturated rings. The molecule has 0 aliphatic rings. The van der Waals surface area contributed by atoms with E-state index in [4.69, 9.17) is 0 Å². The van der Waals surface area contributed by atoms with Crippen LogP contribution in [0.2, 0.25) is 0 Å². The number of aliphatic carboxylic acids is 1. The van der Waals surface area contributed by atoms with E-state index in [9.17, 15) is 19.8 Å². The van der Waals surface area contributed by atoms with Gasteiger partial charge in [-0.15, -0.1) is 12.4 Å². The van der Waals surface area contributed by atoms with E-state index in [-0.39, 0.29) is 25.4 Å². The standard InChI is InChI=1S/C10H19NO4.ClH/c1-5-8(12)10(15,6-9(13)14)7-11(2,3)4;/h15H,5-7H2,1-4H3;1H. The number of aliphatic hydroxyl groups is 1. The number of carboxylic acid groups (broad SMARTS) is 1. The average Bonchev–Trinajstić information content (AvgIpc) is 1.97. The Balaban J connectivity index is 0. The molecule has 0 saturated carbocycles. The lowest BCUT2D eigenvalue weighted by Crippen LogP contribution is -2.55. The first-order valence-electron chi connectivity index (χ1n) is 4.87. The fourth-order valence-corrected chi connectivity index (χ4v) is 1.60. The number of halogens is 1. The molecule has 0 heterocycles. The molecule has 0 radical (unpaired) electrons. The number of carbonyl (C=O) groups is 2. The second kappa shape index (κ2) is 6.18. The molecule has 1 atom stereocenters. The molecule has 0 aromatic rings. The van der Waals surface area contributed by atoms with Gasteiger partial charge in [0.2, 0.25) is 0 Å². The van der Waals surface area contributed by atoms with Gasteiger partial charge in [0.1, 0.15) is 6.54 Å². The molecule has 0 aliphatic heterocycles. The van der Waals surface area contributed by atoms with E-state index in [2.05, 4.69) is 0 Å². The lowest BCUT2D eigenvalue weighted by atomic mass is 9.91.